The molecule has 5 rings (SSSR count). The van der Waals surface area contributed by atoms with Crippen LogP contribution >= 0.6 is 0 Å². The largest absolute Gasteiger partial charge is 0.423 e. The third-order valence-electron chi connectivity index (χ3n) is 7.16. The molecule has 0 radical (unpaired) electrons. The average molecular weight is 603 g/mol. The first-order valence-corrected chi connectivity index (χ1v) is 14.1. The summed E-state index contributed by atoms with van der Waals surface area (Å²) in [6.45, 7) is 7.51. The van der Waals surface area contributed by atoms with Crippen molar-refractivity contribution >= 4 is 22.7 Å². The van der Waals surface area contributed by atoms with E-state index in [1.165, 1.54) is 14.2 Å². The van der Waals surface area contributed by atoms with Gasteiger partial charge in [0.1, 0.15) is 17.3 Å². The van der Waals surface area contributed by atoms with Gasteiger partial charge in [0.25, 0.3) is 0 Å². The Morgan fingerprint density at radius 3 is 1.49 bits per heavy atom. The summed E-state index contributed by atoms with van der Waals surface area (Å²) in [6.07, 6.45) is 0. The zero-order chi connectivity index (χ0) is 31.9. The van der Waals surface area contributed by atoms with Gasteiger partial charge in [0, 0.05) is 25.2 Å². The summed E-state index contributed by atoms with van der Waals surface area (Å²) in [4.78, 5) is 24.1. The topological polar surface area (TPSA) is 71.1 Å². The summed E-state index contributed by atoms with van der Waals surface area (Å²) >= 11 is 0. The van der Waals surface area contributed by atoms with Crippen LogP contribution in [-0.4, -0.2) is 39.4 Å². The van der Waals surface area contributed by atoms with E-state index in [4.69, 9.17) is 18.9 Å². The lowest BCUT2D eigenvalue weighted by Gasteiger charge is -2.11. The average Bonchev–Trinajstić information content (AvgIpc) is 3.06. The second-order valence-electron chi connectivity index (χ2n) is 10.3. The molecule has 0 aliphatic carbocycles. The zero-order valence-electron chi connectivity index (χ0n) is 25.0. The summed E-state index contributed by atoms with van der Waals surface area (Å²) < 4.78 is 36.2. The molecule has 226 valence electrons. The van der Waals surface area contributed by atoms with Gasteiger partial charge in [0.15, 0.2) is 0 Å². The number of methoxy groups -OCH3 is 2. The van der Waals surface area contributed by atoms with Gasteiger partial charge in [-0.2, -0.15) is 0 Å². The fourth-order valence-corrected chi connectivity index (χ4v) is 4.79. The highest BCUT2D eigenvalue weighted by atomic mass is 19.1. The number of esters is 2. The van der Waals surface area contributed by atoms with E-state index in [0.717, 1.165) is 33.2 Å². The maximum atomic E-state index is 15.7. The highest BCUT2D eigenvalue weighted by molar-refractivity contribution is 5.92. The fraction of sp³-hybridized carbons (Fsp3) is 0.105. The summed E-state index contributed by atoms with van der Waals surface area (Å²) in [5, 5.41) is 1.28. The van der Waals surface area contributed by atoms with Crippen molar-refractivity contribution in [2.24, 2.45) is 0 Å². The Hall–Kier alpha value is -5.37. The molecule has 0 spiro atoms. The Morgan fingerprint density at radius 2 is 1.00 bits per heavy atom. The maximum Gasteiger partial charge on any atom is 0.341 e. The predicted octanol–water partition coefficient (Wildman–Crippen LogP) is 8.20. The van der Waals surface area contributed by atoms with Crippen molar-refractivity contribution < 1.29 is 32.9 Å². The minimum atomic E-state index is -0.545. The number of hydrogen-bond acceptors (Lipinski definition) is 6. The van der Waals surface area contributed by atoms with Gasteiger partial charge in [-0.1, -0.05) is 86.0 Å². The van der Waals surface area contributed by atoms with Crippen LogP contribution in [0.25, 0.3) is 44.2 Å². The Bertz CT molecular complexity index is 1870. The van der Waals surface area contributed by atoms with Crippen LogP contribution in [0.5, 0.6) is 11.5 Å². The second-order valence-corrected chi connectivity index (χ2v) is 10.3. The Balaban J connectivity index is 1.29. The molecule has 6 nitrogen and oxygen atoms in total. The minimum Gasteiger partial charge on any atom is -0.423 e. The van der Waals surface area contributed by atoms with Crippen LogP contribution in [0.2, 0.25) is 0 Å². The van der Waals surface area contributed by atoms with Crippen molar-refractivity contribution in [1.29, 1.82) is 0 Å². The van der Waals surface area contributed by atoms with Crippen LogP contribution in [-0.2, 0) is 19.1 Å². The maximum absolute atomic E-state index is 15.7. The van der Waals surface area contributed by atoms with Gasteiger partial charge in [-0.05, 0) is 63.5 Å². The molecule has 0 aliphatic rings. The molecule has 0 heterocycles. The number of ether oxygens (including phenoxy) is 4. The second kappa shape index (κ2) is 13.9. The Morgan fingerprint density at radius 1 is 0.578 bits per heavy atom. The smallest absolute Gasteiger partial charge is 0.341 e. The SMILES string of the molecule is C=C(COC)C(=O)Oc1ccc(-c2ccc(-c3ccc4cc(-c5ccc(OC(=O)C(=C)COC)cc5)ccc4c3F)cc2)cc1. The number of halogens is 1. The molecule has 45 heavy (non-hydrogen) atoms. The normalized spacial score (nSPS) is 10.8. The van der Waals surface area contributed by atoms with Gasteiger partial charge >= 0.3 is 11.9 Å². The first-order valence-electron chi connectivity index (χ1n) is 14.1. The standard InChI is InChI=1S/C38H31FO6/c1-24(22-42-3)37(40)44-32-15-9-27(10-16-32)26-5-7-29(8-6-26)34-20-14-31-21-30(13-19-35(31)36(34)39)28-11-17-33(18-12-28)45-38(41)25(2)23-43-4/h5-21H,1-2,22-23H2,3-4H3. The van der Waals surface area contributed by atoms with E-state index in [2.05, 4.69) is 13.2 Å². The molecule has 5 aromatic rings. The summed E-state index contributed by atoms with van der Waals surface area (Å²) in [6, 6.07) is 31.1. The first-order chi connectivity index (χ1) is 21.8. The predicted molar refractivity (Wildman–Crippen MR) is 174 cm³/mol. The molecule has 0 saturated carbocycles. The van der Waals surface area contributed by atoms with Crippen LogP contribution in [0.4, 0.5) is 4.39 Å². The molecule has 7 heteroatoms. The molecule has 5 aromatic carbocycles. The molecule has 0 N–H and O–H groups in total. The van der Waals surface area contributed by atoms with Crippen molar-refractivity contribution in [3.05, 3.63) is 133 Å². The van der Waals surface area contributed by atoms with Crippen LogP contribution in [0.1, 0.15) is 0 Å². The molecule has 0 unspecified atom stereocenters. The van der Waals surface area contributed by atoms with Crippen molar-refractivity contribution in [1.82, 2.24) is 0 Å². The summed E-state index contributed by atoms with van der Waals surface area (Å²) in [7, 11) is 2.97. The zero-order valence-corrected chi connectivity index (χ0v) is 25.0. The van der Waals surface area contributed by atoms with Gasteiger partial charge in [-0.15, -0.1) is 0 Å². The van der Waals surface area contributed by atoms with E-state index < -0.39 is 11.9 Å². The quantitative estimate of drug-likeness (QED) is 0.0863. The van der Waals surface area contributed by atoms with Crippen molar-refractivity contribution in [2.75, 3.05) is 27.4 Å². The minimum absolute atomic E-state index is 0.0983. The number of hydrogen-bond donors (Lipinski definition) is 0. The number of carbonyl (C=O) groups excluding carboxylic acids is 2. The number of carbonyl (C=O) groups is 2. The third kappa shape index (κ3) is 7.24. The Kier molecular flexibility index (Phi) is 9.63. The highest BCUT2D eigenvalue weighted by Gasteiger charge is 2.13. The monoisotopic (exact) mass is 602 g/mol. The van der Waals surface area contributed by atoms with Crippen molar-refractivity contribution in [2.45, 2.75) is 0 Å². The first kappa shape index (κ1) is 31.1. The molecule has 0 bridgehead atoms. The van der Waals surface area contributed by atoms with E-state index in [9.17, 15) is 9.59 Å². The molecule has 0 amide bonds. The molecule has 0 aromatic heterocycles. The molecule has 0 saturated heterocycles. The Labute approximate surface area is 260 Å². The van der Waals surface area contributed by atoms with E-state index in [-0.39, 0.29) is 30.2 Å². The van der Waals surface area contributed by atoms with Crippen LogP contribution in [0, 0.1) is 5.82 Å². The number of rotatable bonds is 11. The molecule has 0 aliphatic heterocycles. The third-order valence-corrected chi connectivity index (χ3v) is 7.16. The van der Waals surface area contributed by atoms with Crippen molar-refractivity contribution in [3.63, 3.8) is 0 Å². The van der Waals surface area contributed by atoms with Gasteiger partial charge in [-0.3, -0.25) is 0 Å². The summed E-state index contributed by atoms with van der Waals surface area (Å²) in [5.41, 5.74) is 5.38. The van der Waals surface area contributed by atoms with E-state index in [1.807, 2.05) is 66.7 Å². The van der Waals surface area contributed by atoms with Crippen LogP contribution in [0.3, 0.4) is 0 Å². The van der Waals surface area contributed by atoms with E-state index in [0.29, 0.717) is 22.4 Å². The van der Waals surface area contributed by atoms with E-state index >= 15 is 4.39 Å². The lowest BCUT2D eigenvalue weighted by Crippen LogP contribution is -2.13. The van der Waals surface area contributed by atoms with Crippen molar-refractivity contribution in [3.8, 4) is 44.9 Å². The van der Waals surface area contributed by atoms with Gasteiger partial charge in [-0.25, -0.2) is 14.0 Å². The van der Waals surface area contributed by atoms with Gasteiger partial charge in [0.05, 0.1) is 24.4 Å². The van der Waals surface area contributed by atoms with E-state index in [1.54, 1.807) is 36.4 Å². The number of fused-ring (bicyclic) bond motifs is 1. The molecule has 0 atom stereocenters. The summed E-state index contributed by atoms with van der Waals surface area (Å²) in [5.74, 6) is -0.585. The molecular formula is C38H31FO6. The number of benzene rings is 5. The lowest BCUT2D eigenvalue weighted by molar-refractivity contribution is -0.131. The molecule has 0 fully saturated rings. The van der Waals surface area contributed by atoms with Crippen LogP contribution in [0.15, 0.2) is 127 Å². The molecular weight excluding hydrogens is 571 g/mol. The van der Waals surface area contributed by atoms with Crippen LogP contribution < -0.4 is 9.47 Å². The highest BCUT2D eigenvalue weighted by Crippen LogP contribution is 2.33. The lowest BCUT2D eigenvalue weighted by atomic mass is 9.96. The van der Waals surface area contributed by atoms with Gasteiger partial charge in [0.2, 0.25) is 0 Å². The van der Waals surface area contributed by atoms with Gasteiger partial charge < -0.3 is 18.9 Å². The fourth-order valence-electron chi connectivity index (χ4n) is 4.79.